The van der Waals surface area contributed by atoms with Crippen LogP contribution in [0, 0.1) is 5.82 Å². The van der Waals surface area contributed by atoms with Gasteiger partial charge in [0.05, 0.1) is 12.5 Å². The molecule has 2 rings (SSSR count). The van der Waals surface area contributed by atoms with Crippen LogP contribution in [-0.2, 0) is 11.2 Å². The van der Waals surface area contributed by atoms with Crippen LogP contribution in [0.15, 0.2) is 54.6 Å². The number of benzene rings is 2. The van der Waals surface area contributed by atoms with Gasteiger partial charge in [-0.1, -0.05) is 42.5 Å². The number of aliphatic hydroxyl groups is 1. The summed E-state index contributed by atoms with van der Waals surface area (Å²) in [7, 11) is 0. The molecule has 0 aliphatic rings. The lowest BCUT2D eigenvalue weighted by Gasteiger charge is -2.11. The Kier molecular flexibility index (Phi) is 5.46. The van der Waals surface area contributed by atoms with Crippen molar-refractivity contribution < 1.29 is 14.3 Å². The zero-order valence-electron chi connectivity index (χ0n) is 11.6. The average molecular weight is 287 g/mol. The van der Waals surface area contributed by atoms with E-state index in [1.807, 2.05) is 30.3 Å². The molecular weight excluding hydrogens is 269 g/mol. The van der Waals surface area contributed by atoms with Crippen molar-refractivity contribution >= 4 is 5.91 Å². The van der Waals surface area contributed by atoms with Crippen molar-refractivity contribution in [2.75, 3.05) is 6.54 Å². The molecule has 0 aliphatic carbocycles. The Hall–Kier alpha value is -2.20. The first-order valence-electron chi connectivity index (χ1n) is 6.89. The molecule has 2 N–H and O–H groups in total. The number of rotatable bonds is 6. The molecule has 3 nitrogen and oxygen atoms in total. The van der Waals surface area contributed by atoms with Crippen LogP contribution in [0.1, 0.15) is 23.7 Å². The molecule has 1 atom stereocenters. The van der Waals surface area contributed by atoms with Gasteiger partial charge in [-0.3, -0.25) is 4.79 Å². The summed E-state index contributed by atoms with van der Waals surface area (Å²) in [5, 5.41) is 12.7. The predicted molar refractivity (Wildman–Crippen MR) is 79.1 cm³/mol. The van der Waals surface area contributed by atoms with Crippen LogP contribution in [0.2, 0.25) is 0 Å². The van der Waals surface area contributed by atoms with Gasteiger partial charge in [-0.2, -0.15) is 0 Å². The van der Waals surface area contributed by atoms with Gasteiger partial charge in [-0.25, -0.2) is 4.39 Å². The van der Waals surface area contributed by atoms with E-state index in [0.717, 1.165) is 11.1 Å². The molecule has 0 saturated heterocycles. The highest BCUT2D eigenvalue weighted by atomic mass is 19.1. The van der Waals surface area contributed by atoms with Crippen molar-refractivity contribution in [3.63, 3.8) is 0 Å². The van der Waals surface area contributed by atoms with Gasteiger partial charge in [0.25, 0.3) is 0 Å². The van der Waals surface area contributed by atoms with Gasteiger partial charge in [0.15, 0.2) is 0 Å². The second-order valence-corrected chi connectivity index (χ2v) is 4.87. The van der Waals surface area contributed by atoms with E-state index in [9.17, 15) is 14.3 Å². The largest absolute Gasteiger partial charge is 0.388 e. The van der Waals surface area contributed by atoms with Crippen LogP contribution < -0.4 is 5.32 Å². The zero-order valence-corrected chi connectivity index (χ0v) is 11.6. The molecule has 0 fully saturated rings. The summed E-state index contributed by atoms with van der Waals surface area (Å²) in [6.45, 7) is 0.399. The number of amides is 1. The first kappa shape index (κ1) is 15.2. The summed E-state index contributed by atoms with van der Waals surface area (Å²) in [5.41, 5.74) is 1.60. The molecule has 0 aliphatic heterocycles. The number of carbonyl (C=O) groups is 1. The van der Waals surface area contributed by atoms with E-state index in [1.165, 1.54) is 12.1 Å². The molecule has 0 heterocycles. The lowest BCUT2D eigenvalue weighted by Crippen LogP contribution is -2.27. The maximum atomic E-state index is 12.7. The summed E-state index contributed by atoms with van der Waals surface area (Å²) in [5.74, 6) is -0.452. The average Bonchev–Trinajstić information content (AvgIpc) is 2.50. The Morgan fingerprint density at radius 2 is 1.76 bits per heavy atom. The molecule has 0 radical (unpaired) electrons. The maximum absolute atomic E-state index is 12.7. The molecule has 2 aromatic rings. The van der Waals surface area contributed by atoms with E-state index in [-0.39, 0.29) is 18.1 Å². The summed E-state index contributed by atoms with van der Waals surface area (Å²) in [6.07, 6.45) is 0.0817. The normalized spacial score (nSPS) is 11.9. The van der Waals surface area contributed by atoms with E-state index >= 15 is 0 Å². The Morgan fingerprint density at radius 1 is 1.10 bits per heavy atom. The molecule has 4 heteroatoms. The quantitative estimate of drug-likeness (QED) is 0.858. The van der Waals surface area contributed by atoms with Gasteiger partial charge >= 0.3 is 0 Å². The van der Waals surface area contributed by atoms with Gasteiger partial charge < -0.3 is 10.4 Å². The summed E-state index contributed by atoms with van der Waals surface area (Å²) < 4.78 is 12.7. The highest BCUT2D eigenvalue weighted by molar-refractivity contribution is 5.78. The zero-order chi connectivity index (χ0) is 15.1. The summed E-state index contributed by atoms with van der Waals surface area (Å²) in [6, 6.07) is 15.2. The van der Waals surface area contributed by atoms with Gasteiger partial charge in [0.2, 0.25) is 5.91 Å². The number of hydrogen-bond acceptors (Lipinski definition) is 2. The van der Waals surface area contributed by atoms with Crippen molar-refractivity contribution in [2.24, 2.45) is 0 Å². The number of halogens is 1. The highest BCUT2D eigenvalue weighted by Gasteiger charge is 2.08. The van der Waals surface area contributed by atoms with Gasteiger partial charge in [0.1, 0.15) is 5.82 Å². The minimum atomic E-state index is -0.586. The minimum Gasteiger partial charge on any atom is -0.388 e. The van der Waals surface area contributed by atoms with Crippen molar-refractivity contribution in [1.82, 2.24) is 5.32 Å². The first-order chi connectivity index (χ1) is 10.1. The third-order valence-corrected chi connectivity index (χ3v) is 3.20. The third-order valence-electron chi connectivity index (χ3n) is 3.20. The fraction of sp³-hybridized carbons (Fsp3) is 0.235. The highest BCUT2D eigenvalue weighted by Crippen LogP contribution is 2.14. The molecule has 1 unspecified atom stereocenters. The second kappa shape index (κ2) is 7.55. The van der Waals surface area contributed by atoms with Crippen molar-refractivity contribution in [3.8, 4) is 0 Å². The predicted octanol–water partition coefficient (Wildman–Crippen LogP) is 2.61. The fourth-order valence-corrected chi connectivity index (χ4v) is 2.04. The molecular formula is C17H18FNO2. The third kappa shape index (κ3) is 5.00. The molecule has 21 heavy (non-hydrogen) atoms. The van der Waals surface area contributed by atoms with Crippen molar-refractivity contribution in [3.05, 3.63) is 71.5 Å². The lowest BCUT2D eigenvalue weighted by molar-refractivity contribution is -0.120. The minimum absolute atomic E-state index is 0.137. The first-order valence-corrected chi connectivity index (χ1v) is 6.89. The molecule has 0 saturated carbocycles. The van der Waals surface area contributed by atoms with Crippen molar-refractivity contribution in [1.29, 1.82) is 0 Å². The van der Waals surface area contributed by atoms with Crippen LogP contribution >= 0.6 is 0 Å². The van der Waals surface area contributed by atoms with Gasteiger partial charge in [-0.05, 0) is 29.7 Å². The molecule has 0 bridgehead atoms. The molecule has 110 valence electrons. The van der Waals surface area contributed by atoms with E-state index in [2.05, 4.69) is 5.32 Å². The Labute approximate surface area is 123 Å². The monoisotopic (exact) mass is 287 g/mol. The van der Waals surface area contributed by atoms with E-state index in [4.69, 9.17) is 0 Å². The Balaban J connectivity index is 1.73. The van der Waals surface area contributed by atoms with Crippen LogP contribution in [0.5, 0.6) is 0 Å². The fourth-order valence-electron chi connectivity index (χ4n) is 2.04. The van der Waals surface area contributed by atoms with E-state index in [1.54, 1.807) is 12.1 Å². The van der Waals surface area contributed by atoms with Crippen molar-refractivity contribution in [2.45, 2.75) is 18.9 Å². The molecule has 0 spiro atoms. The molecule has 2 aromatic carbocycles. The topological polar surface area (TPSA) is 49.3 Å². The van der Waals surface area contributed by atoms with E-state index < -0.39 is 6.10 Å². The number of hydrogen-bond donors (Lipinski definition) is 2. The Bertz CT molecular complexity index is 569. The molecule has 0 aromatic heterocycles. The van der Waals surface area contributed by atoms with Gasteiger partial charge in [0, 0.05) is 6.54 Å². The van der Waals surface area contributed by atoms with Crippen LogP contribution in [-0.4, -0.2) is 17.6 Å². The van der Waals surface area contributed by atoms with Crippen LogP contribution in [0.3, 0.4) is 0 Å². The van der Waals surface area contributed by atoms with E-state index in [0.29, 0.717) is 13.0 Å². The standard InChI is InChI=1S/C17H18FNO2/c18-15-8-6-13(7-9-15)12-17(21)19-11-10-16(20)14-4-2-1-3-5-14/h1-9,16,20H,10-12H2,(H,19,21). The van der Waals surface area contributed by atoms with Crippen LogP contribution in [0.4, 0.5) is 4.39 Å². The smallest absolute Gasteiger partial charge is 0.224 e. The molecule has 1 amide bonds. The number of aliphatic hydroxyl groups excluding tert-OH is 1. The maximum Gasteiger partial charge on any atom is 0.224 e. The lowest BCUT2D eigenvalue weighted by atomic mass is 10.1. The SMILES string of the molecule is O=C(Cc1ccc(F)cc1)NCCC(O)c1ccccc1. The number of nitrogens with one attached hydrogen (secondary N) is 1. The summed E-state index contributed by atoms with van der Waals surface area (Å²) >= 11 is 0. The summed E-state index contributed by atoms with van der Waals surface area (Å²) in [4.78, 5) is 11.7. The second-order valence-electron chi connectivity index (χ2n) is 4.87. The van der Waals surface area contributed by atoms with Gasteiger partial charge in [-0.15, -0.1) is 0 Å². The Morgan fingerprint density at radius 3 is 2.43 bits per heavy atom. The number of carbonyl (C=O) groups excluding carboxylic acids is 1. The van der Waals surface area contributed by atoms with Crippen LogP contribution in [0.25, 0.3) is 0 Å².